The third-order valence-corrected chi connectivity index (χ3v) is 2.33. The van der Waals surface area contributed by atoms with Gasteiger partial charge in [-0.05, 0) is 30.7 Å². The number of hydrogen-bond acceptors (Lipinski definition) is 4. The summed E-state index contributed by atoms with van der Waals surface area (Å²) in [5.41, 5.74) is 6.24. The van der Waals surface area contributed by atoms with E-state index in [0.29, 0.717) is 13.0 Å². The van der Waals surface area contributed by atoms with Gasteiger partial charge in [0.1, 0.15) is 0 Å². The molecule has 0 aliphatic carbocycles. The molecule has 0 spiro atoms. The molecule has 7 heteroatoms. The zero-order valence-electron chi connectivity index (χ0n) is 10.7. The van der Waals surface area contributed by atoms with E-state index in [4.69, 9.17) is 19.9 Å². The molecule has 0 aliphatic rings. The predicted octanol–water partition coefficient (Wildman–Crippen LogP) is 2.15. The number of ether oxygens (including phenoxy) is 3. The second-order valence-corrected chi connectivity index (χ2v) is 3.77. The molecule has 0 aromatic heterocycles. The second-order valence-electron chi connectivity index (χ2n) is 3.77. The molecular formula is C12H16F3NO3. The molecule has 1 aromatic carbocycles. The van der Waals surface area contributed by atoms with E-state index >= 15 is 0 Å². The number of nitrogens with two attached hydrogens (primary N) is 1. The van der Waals surface area contributed by atoms with Crippen LogP contribution in [0, 0.1) is 0 Å². The van der Waals surface area contributed by atoms with Crippen LogP contribution in [0.1, 0.15) is 5.56 Å². The number of hydrogen-bond donors (Lipinski definition) is 1. The van der Waals surface area contributed by atoms with Gasteiger partial charge >= 0.3 is 6.18 Å². The lowest BCUT2D eigenvalue weighted by Crippen LogP contribution is -2.19. The van der Waals surface area contributed by atoms with Crippen LogP contribution in [-0.2, 0) is 6.42 Å². The van der Waals surface area contributed by atoms with Crippen LogP contribution in [0.2, 0.25) is 0 Å². The Hall–Kier alpha value is -1.63. The van der Waals surface area contributed by atoms with Gasteiger partial charge in [0.25, 0.3) is 0 Å². The molecule has 2 N–H and O–H groups in total. The SMILES string of the molecule is COc1cc(CCN)cc(OC)c1OCC(F)(F)F. The van der Waals surface area contributed by atoms with E-state index in [-0.39, 0.29) is 17.2 Å². The second kappa shape index (κ2) is 6.51. The van der Waals surface area contributed by atoms with E-state index in [1.807, 2.05) is 0 Å². The first kappa shape index (κ1) is 15.4. The third kappa shape index (κ3) is 4.51. The number of methoxy groups -OCH3 is 2. The summed E-state index contributed by atoms with van der Waals surface area (Å²) in [6.07, 6.45) is -3.86. The van der Waals surface area contributed by atoms with Crippen LogP contribution in [0.3, 0.4) is 0 Å². The largest absolute Gasteiger partial charge is 0.493 e. The fourth-order valence-electron chi connectivity index (χ4n) is 1.54. The van der Waals surface area contributed by atoms with Gasteiger partial charge in [-0.2, -0.15) is 13.2 Å². The van der Waals surface area contributed by atoms with Crippen molar-refractivity contribution in [2.75, 3.05) is 27.4 Å². The van der Waals surface area contributed by atoms with E-state index in [0.717, 1.165) is 5.56 Å². The molecule has 19 heavy (non-hydrogen) atoms. The molecule has 0 fully saturated rings. The van der Waals surface area contributed by atoms with Gasteiger partial charge in [0, 0.05) is 0 Å². The van der Waals surface area contributed by atoms with Crippen LogP contribution in [-0.4, -0.2) is 33.5 Å². The van der Waals surface area contributed by atoms with Crippen molar-refractivity contribution in [3.8, 4) is 17.2 Å². The first-order valence-electron chi connectivity index (χ1n) is 5.55. The minimum Gasteiger partial charge on any atom is -0.493 e. The summed E-state index contributed by atoms with van der Waals surface area (Å²) in [6.45, 7) is -0.995. The average molecular weight is 279 g/mol. The van der Waals surface area contributed by atoms with Crippen LogP contribution >= 0.6 is 0 Å². The van der Waals surface area contributed by atoms with Crippen molar-refractivity contribution in [3.05, 3.63) is 17.7 Å². The van der Waals surface area contributed by atoms with Gasteiger partial charge in [0.05, 0.1) is 14.2 Å². The number of halogens is 3. The third-order valence-electron chi connectivity index (χ3n) is 2.33. The van der Waals surface area contributed by atoms with Gasteiger partial charge in [-0.15, -0.1) is 0 Å². The number of benzene rings is 1. The Kier molecular flexibility index (Phi) is 5.29. The molecule has 0 radical (unpaired) electrons. The van der Waals surface area contributed by atoms with Gasteiger partial charge in [0.15, 0.2) is 18.1 Å². The van der Waals surface area contributed by atoms with Gasteiger partial charge < -0.3 is 19.9 Å². The van der Waals surface area contributed by atoms with Crippen molar-refractivity contribution in [3.63, 3.8) is 0 Å². The Bertz CT molecular complexity index is 396. The highest BCUT2D eigenvalue weighted by atomic mass is 19.4. The lowest BCUT2D eigenvalue weighted by molar-refractivity contribution is -0.153. The van der Waals surface area contributed by atoms with Crippen molar-refractivity contribution >= 4 is 0 Å². The molecular weight excluding hydrogens is 263 g/mol. The molecule has 0 heterocycles. The Morgan fingerprint density at radius 1 is 1.11 bits per heavy atom. The summed E-state index contributed by atoms with van der Waals surface area (Å²) in [5, 5.41) is 0. The van der Waals surface area contributed by atoms with Crippen molar-refractivity contribution in [2.24, 2.45) is 5.73 Å². The molecule has 0 unspecified atom stereocenters. The lowest BCUT2D eigenvalue weighted by atomic mass is 10.1. The maximum atomic E-state index is 12.2. The zero-order chi connectivity index (χ0) is 14.5. The Labute approximate surface area is 109 Å². The first-order valence-corrected chi connectivity index (χ1v) is 5.55. The molecule has 0 aliphatic heterocycles. The van der Waals surface area contributed by atoms with E-state index < -0.39 is 12.8 Å². The molecule has 0 amide bonds. The van der Waals surface area contributed by atoms with Gasteiger partial charge in [-0.25, -0.2) is 0 Å². The summed E-state index contributed by atoms with van der Waals surface area (Å²) in [5.74, 6) is 0.308. The van der Waals surface area contributed by atoms with Crippen LogP contribution < -0.4 is 19.9 Å². The quantitative estimate of drug-likeness (QED) is 0.867. The maximum Gasteiger partial charge on any atom is 0.422 e. The molecule has 0 bridgehead atoms. The van der Waals surface area contributed by atoms with Crippen LogP contribution in [0.4, 0.5) is 13.2 Å². The molecule has 4 nitrogen and oxygen atoms in total. The average Bonchev–Trinajstić information content (AvgIpc) is 2.35. The minimum absolute atomic E-state index is 0.0666. The van der Waals surface area contributed by atoms with E-state index in [9.17, 15) is 13.2 Å². The molecule has 1 aromatic rings. The Morgan fingerprint density at radius 2 is 1.63 bits per heavy atom. The smallest absolute Gasteiger partial charge is 0.422 e. The first-order chi connectivity index (χ1) is 8.91. The molecule has 0 atom stereocenters. The van der Waals surface area contributed by atoms with Crippen LogP contribution in [0.15, 0.2) is 12.1 Å². The number of rotatable bonds is 6. The molecule has 1 rings (SSSR count). The summed E-state index contributed by atoms with van der Waals surface area (Å²) in [7, 11) is 2.70. The van der Waals surface area contributed by atoms with E-state index in [2.05, 4.69) is 0 Å². The lowest BCUT2D eigenvalue weighted by Gasteiger charge is -2.16. The topological polar surface area (TPSA) is 53.7 Å². The van der Waals surface area contributed by atoms with Gasteiger partial charge in [-0.1, -0.05) is 0 Å². The highest BCUT2D eigenvalue weighted by molar-refractivity contribution is 5.54. The maximum absolute atomic E-state index is 12.2. The van der Waals surface area contributed by atoms with Gasteiger partial charge in [-0.3, -0.25) is 0 Å². The summed E-state index contributed by atoms with van der Waals surface area (Å²) >= 11 is 0. The molecule has 0 saturated heterocycles. The zero-order valence-corrected chi connectivity index (χ0v) is 10.7. The highest BCUT2D eigenvalue weighted by Gasteiger charge is 2.30. The van der Waals surface area contributed by atoms with Crippen molar-refractivity contribution < 1.29 is 27.4 Å². The fourth-order valence-corrected chi connectivity index (χ4v) is 1.54. The standard InChI is InChI=1S/C12H16F3NO3/c1-17-9-5-8(3-4-16)6-10(18-2)11(9)19-7-12(13,14)15/h5-6H,3-4,7,16H2,1-2H3. The van der Waals surface area contributed by atoms with E-state index in [1.54, 1.807) is 12.1 Å². The summed E-state index contributed by atoms with van der Waals surface area (Å²) in [6, 6.07) is 3.17. The monoisotopic (exact) mass is 279 g/mol. The number of alkyl halides is 3. The van der Waals surface area contributed by atoms with Crippen molar-refractivity contribution in [1.82, 2.24) is 0 Å². The van der Waals surface area contributed by atoms with Crippen molar-refractivity contribution in [1.29, 1.82) is 0 Å². The van der Waals surface area contributed by atoms with Crippen LogP contribution in [0.5, 0.6) is 17.2 Å². The van der Waals surface area contributed by atoms with E-state index in [1.165, 1.54) is 14.2 Å². The Balaban J connectivity index is 3.06. The Morgan fingerprint density at radius 3 is 2.00 bits per heavy atom. The minimum atomic E-state index is -4.42. The highest BCUT2D eigenvalue weighted by Crippen LogP contribution is 2.39. The predicted molar refractivity (Wildman–Crippen MR) is 63.9 cm³/mol. The summed E-state index contributed by atoms with van der Waals surface area (Å²) in [4.78, 5) is 0. The van der Waals surface area contributed by atoms with Crippen LogP contribution in [0.25, 0.3) is 0 Å². The van der Waals surface area contributed by atoms with Crippen molar-refractivity contribution in [2.45, 2.75) is 12.6 Å². The van der Waals surface area contributed by atoms with Gasteiger partial charge in [0.2, 0.25) is 5.75 Å². The normalized spacial score (nSPS) is 11.3. The fraction of sp³-hybridized carbons (Fsp3) is 0.500. The molecule has 0 saturated carbocycles. The molecule has 108 valence electrons. The summed E-state index contributed by atoms with van der Waals surface area (Å²) < 4.78 is 51.4.